The van der Waals surface area contributed by atoms with Crippen LogP contribution in [0.25, 0.3) is 22.3 Å². The van der Waals surface area contributed by atoms with Crippen LogP contribution < -0.4 is 4.90 Å². The van der Waals surface area contributed by atoms with Crippen molar-refractivity contribution in [1.29, 1.82) is 0 Å². The number of hydrogen-bond acceptors (Lipinski definition) is 1. The molecule has 7 aliphatic rings. The molecule has 0 aliphatic heterocycles. The van der Waals surface area contributed by atoms with Crippen LogP contribution in [0.15, 0.2) is 164 Å². The first-order chi connectivity index (χ1) is 30.2. The lowest BCUT2D eigenvalue weighted by atomic mass is 9.43. The fourth-order valence-electron chi connectivity index (χ4n) is 15.2. The molecule has 7 aromatic carbocycles. The van der Waals surface area contributed by atoms with Gasteiger partial charge in [-0.25, -0.2) is 0 Å². The van der Waals surface area contributed by atoms with E-state index in [0.29, 0.717) is 11.8 Å². The van der Waals surface area contributed by atoms with Crippen molar-refractivity contribution in [3.63, 3.8) is 0 Å². The van der Waals surface area contributed by atoms with Crippen molar-refractivity contribution in [2.24, 2.45) is 23.7 Å². The van der Waals surface area contributed by atoms with Crippen molar-refractivity contribution in [2.45, 2.75) is 94.3 Å². The molecule has 7 aromatic rings. The Labute approximate surface area is 368 Å². The Hall–Kier alpha value is -5.66. The van der Waals surface area contributed by atoms with E-state index in [4.69, 9.17) is 0 Å². The molecule has 4 bridgehead atoms. The molecule has 306 valence electrons. The van der Waals surface area contributed by atoms with E-state index in [1.807, 2.05) is 0 Å². The van der Waals surface area contributed by atoms with Crippen molar-refractivity contribution < 1.29 is 0 Å². The third kappa shape index (κ3) is 4.81. The largest absolute Gasteiger partial charge is 0.310 e. The monoisotopic (exact) mass is 803 g/mol. The van der Waals surface area contributed by atoms with Crippen LogP contribution >= 0.6 is 0 Å². The van der Waals surface area contributed by atoms with Crippen LogP contribution in [0.4, 0.5) is 17.1 Å². The highest BCUT2D eigenvalue weighted by Crippen LogP contribution is 2.70. The molecule has 0 amide bonds. The van der Waals surface area contributed by atoms with E-state index < -0.39 is 5.41 Å². The molecule has 0 heterocycles. The second kappa shape index (κ2) is 12.9. The summed E-state index contributed by atoms with van der Waals surface area (Å²) in [5.41, 5.74) is 20.7. The summed E-state index contributed by atoms with van der Waals surface area (Å²) in [5, 5.41) is 0. The molecule has 0 N–H and O–H groups in total. The SMILES string of the molecule is CC1(C)CCC(C)(C)c2c(N(c3ccc4c(c3)C(c3ccccc3)(c3ccccc3)c3ccccc3-4)c3ccc4c(c3)C3(c5ccccc5-4)C4CC5CC(C4)CC3C5)cccc21. The van der Waals surface area contributed by atoms with Crippen LogP contribution in [0.2, 0.25) is 0 Å². The third-order valence-electron chi connectivity index (χ3n) is 17.6. The van der Waals surface area contributed by atoms with Gasteiger partial charge in [-0.1, -0.05) is 161 Å². The summed E-state index contributed by atoms with van der Waals surface area (Å²) in [4.78, 5) is 2.71. The molecule has 0 aromatic heterocycles. The van der Waals surface area contributed by atoms with E-state index in [2.05, 4.69) is 196 Å². The van der Waals surface area contributed by atoms with Gasteiger partial charge in [0.1, 0.15) is 0 Å². The first-order valence-corrected chi connectivity index (χ1v) is 23.7. The van der Waals surface area contributed by atoms with Gasteiger partial charge in [-0.05, 0) is 177 Å². The van der Waals surface area contributed by atoms with Crippen LogP contribution in [-0.2, 0) is 21.7 Å². The second-order valence-corrected chi connectivity index (χ2v) is 21.5. The molecule has 1 spiro atoms. The topological polar surface area (TPSA) is 3.24 Å². The molecule has 62 heavy (non-hydrogen) atoms. The molecular weight excluding hydrogens is 747 g/mol. The number of nitrogens with zero attached hydrogens (tertiary/aromatic N) is 1. The first-order valence-electron chi connectivity index (χ1n) is 23.7. The lowest BCUT2D eigenvalue weighted by molar-refractivity contribution is -0.0399. The Morgan fingerprint density at radius 3 is 1.52 bits per heavy atom. The summed E-state index contributed by atoms with van der Waals surface area (Å²) >= 11 is 0. The van der Waals surface area contributed by atoms with Crippen molar-refractivity contribution in [3.8, 4) is 22.3 Å². The van der Waals surface area contributed by atoms with Crippen molar-refractivity contribution in [2.75, 3.05) is 4.90 Å². The zero-order chi connectivity index (χ0) is 41.6. The predicted octanol–water partition coefficient (Wildman–Crippen LogP) is 15.6. The lowest BCUT2D eigenvalue weighted by Gasteiger charge is -2.61. The smallest absolute Gasteiger partial charge is 0.0714 e. The molecule has 4 saturated carbocycles. The molecule has 0 saturated heterocycles. The molecular formula is C61H57N. The summed E-state index contributed by atoms with van der Waals surface area (Å²) in [5.74, 6) is 3.24. The normalized spacial score (nSPS) is 25.7. The standard InChI is InChI=1S/C61H57N/c1-58(2)30-31-59(3,4)57-53(58)24-15-25-56(57)62(46-27-29-50-48-21-12-14-23-52(48)61(55(50)38-46)43-33-39-32-40(35-43)36-44(61)34-39)45-26-28-49-47-20-11-13-22-51(47)60(54(49)37-45,41-16-7-5-8-17-41)42-18-9-6-10-19-42/h5-29,37-40,43-44H,30-36H2,1-4H3. The number of hydrogen-bond donors (Lipinski definition) is 0. The number of fused-ring (bicyclic) bond motifs is 7. The first kappa shape index (κ1) is 36.9. The van der Waals surface area contributed by atoms with Gasteiger partial charge >= 0.3 is 0 Å². The highest BCUT2D eigenvalue weighted by Gasteiger charge is 2.61. The van der Waals surface area contributed by atoms with Gasteiger partial charge in [0.2, 0.25) is 0 Å². The lowest BCUT2D eigenvalue weighted by Crippen LogP contribution is -2.55. The van der Waals surface area contributed by atoms with Crippen LogP contribution in [0, 0.1) is 23.7 Å². The van der Waals surface area contributed by atoms with E-state index in [-0.39, 0.29) is 16.2 Å². The van der Waals surface area contributed by atoms with Gasteiger partial charge in [-0.3, -0.25) is 0 Å². The van der Waals surface area contributed by atoms with Crippen LogP contribution in [-0.4, -0.2) is 0 Å². The molecule has 1 nitrogen and oxygen atoms in total. The maximum atomic E-state index is 2.71. The van der Waals surface area contributed by atoms with Crippen LogP contribution in [0.5, 0.6) is 0 Å². The zero-order valence-corrected chi connectivity index (χ0v) is 36.8. The van der Waals surface area contributed by atoms with Gasteiger partial charge in [0.15, 0.2) is 0 Å². The van der Waals surface area contributed by atoms with Gasteiger partial charge in [-0.15, -0.1) is 0 Å². The van der Waals surface area contributed by atoms with Crippen molar-refractivity contribution in [1.82, 2.24) is 0 Å². The van der Waals surface area contributed by atoms with Gasteiger partial charge in [0, 0.05) is 16.8 Å². The van der Waals surface area contributed by atoms with Crippen LogP contribution in [0.3, 0.4) is 0 Å². The van der Waals surface area contributed by atoms with Gasteiger partial charge in [0.05, 0.1) is 11.1 Å². The average Bonchev–Trinajstić information content (AvgIpc) is 3.75. The Balaban J connectivity index is 1.10. The molecule has 7 aliphatic carbocycles. The summed E-state index contributed by atoms with van der Waals surface area (Å²) in [7, 11) is 0. The minimum atomic E-state index is -0.475. The van der Waals surface area contributed by atoms with Gasteiger partial charge < -0.3 is 4.90 Å². The quantitative estimate of drug-likeness (QED) is 0.168. The van der Waals surface area contributed by atoms with E-state index in [1.54, 1.807) is 11.1 Å². The van der Waals surface area contributed by atoms with E-state index >= 15 is 0 Å². The molecule has 1 heteroatoms. The van der Waals surface area contributed by atoms with Gasteiger partial charge in [-0.2, -0.15) is 0 Å². The molecule has 0 unspecified atom stereocenters. The highest BCUT2D eigenvalue weighted by atomic mass is 15.1. The maximum absolute atomic E-state index is 2.71. The predicted molar refractivity (Wildman–Crippen MR) is 257 cm³/mol. The Kier molecular flexibility index (Phi) is 7.72. The van der Waals surface area contributed by atoms with Gasteiger partial charge in [0.25, 0.3) is 0 Å². The van der Waals surface area contributed by atoms with Crippen molar-refractivity contribution >= 4 is 17.1 Å². The average molecular weight is 804 g/mol. The Bertz CT molecular complexity index is 2860. The fourth-order valence-corrected chi connectivity index (χ4v) is 15.2. The summed E-state index contributed by atoms with van der Waals surface area (Å²) < 4.78 is 0. The maximum Gasteiger partial charge on any atom is 0.0714 e. The van der Waals surface area contributed by atoms with E-state index in [0.717, 1.165) is 18.3 Å². The molecule has 0 atom stereocenters. The molecule has 0 radical (unpaired) electrons. The zero-order valence-electron chi connectivity index (χ0n) is 36.8. The van der Waals surface area contributed by atoms with Crippen molar-refractivity contribution in [3.05, 3.63) is 208 Å². The number of anilines is 3. The Morgan fingerprint density at radius 2 is 0.887 bits per heavy atom. The minimum absolute atomic E-state index is 0.0140. The summed E-state index contributed by atoms with van der Waals surface area (Å²) in [6.07, 6.45) is 9.36. The molecule has 4 fully saturated rings. The summed E-state index contributed by atoms with van der Waals surface area (Å²) in [6.45, 7) is 9.94. The summed E-state index contributed by atoms with van der Waals surface area (Å²) in [6, 6.07) is 63.8. The number of benzene rings is 7. The second-order valence-electron chi connectivity index (χ2n) is 21.5. The Morgan fingerprint density at radius 1 is 0.403 bits per heavy atom. The van der Waals surface area contributed by atoms with Crippen LogP contribution in [0.1, 0.15) is 117 Å². The van der Waals surface area contributed by atoms with E-state index in [9.17, 15) is 0 Å². The minimum Gasteiger partial charge on any atom is -0.310 e. The third-order valence-corrected chi connectivity index (χ3v) is 17.6. The highest BCUT2D eigenvalue weighted by molar-refractivity contribution is 5.92. The number of rotatable bonds is 5. The van der Waals surface area contributed by atoms with E-state index in [1.165, 1.54) is 111 Å². The fraction of sp³-hybridized carbons (Fsp3) is 0.311. The molecule has 14 rings (SSSR count).